The second kappa shape index (κ2) is 6.17. The third-order valence-electron chi connectivity index (χ3n) is 3.57. The van der Waals surface area contributed by atoms with Crippen molar-refractivity contribution in [2.24, 2.45) is 0 Å². The molecule has 0 radical (unpaired) electrons. The van der Waals surface area contributed by atoms with E-state index in [0.29, 0.717) is 11.5 Å². The summed E-state index contributed by atoms with van der Waals surface area (Å²) in [5.74, 6) is 0.846. The monoisotopic (exact) mass is 335 g/mol. The number of nitrogens with zero attached hydrogens (tertiary/aromatic N) is 1. The van der Waals surface area contributed by atoms with Crippen molar-refractivity contribution in [3.05, 3.63) is 64.2 Å². The molecule has 1 aromatic carbocycles. The number of rotatable bonds is 5. The van der Waals surface area contributed by atoms with Crippen molar-refractivity contribution in [2.75, 3.05) is 13.1 Å². The maximum atomic E-state index is 12.3. The van der Waals surface area contributed by atoms with Crippen LogP contribution in [0.4, 0.5) is 0 Å². The van der Waals surface area contributed by atoms with Crippen LogP contribution < -0.4 is 10.4 Å². The first kappa shape index (κ1) is 15.8. The van der Waals surface area contributed by atoms with Crippen LogP contribution in [0.25, 0.3) is 0 Å². The van der Waals surface area contributed by atoms with Gasteiger partial charge in [0.1, 0.15) is 17.6 Å². The van der Waals surface area contributed by atoms with Crippen LogP contribution in [-0.2, 0) is 15.8 Å². The normalized spacial score (nSPS) is 16.0. The number of sulfonamides is 1. The van der Waals surface area contributed by atoms with E-state index in [1.807, 2.05) is 18.2 Å². The van der Waals surface area contributed by atoms with E-state index < -0.39 is 15.6 Å². The van der Waals surface area contributed by atoms with Gasteiger partial charge in [-0.05, 0) is 12.5 Å². The summed E-state index contributed by atoms with van der Waals surface area (Å²) in [6.45, 7) is 2.23. The van der Waals surface area contributed by atoms with Gasteiger partial charge < -0.3 is 9.15 Å². The lowest BCUT2D eigenvalue weighted by Gasteiger charge is -2.37. The standard InChI is InChI=1S/C16H17NO5S/c1-12-7-14(8-16(18)21-12)22-15-9-17(10-15)23(19,20)11-13-5-3-2-4-6-13/h2-8,15H,9-11H2,1H3. The third-order valence-corrected chi connectivity index (χ3v) is 5.35. The van der Waals surface area contributed by atoms with Crippen LogP contribution in [0.15, 0.2) is 51.7 Å². The van der Waals surface area contributed by atoms with Crippen LogP contribution >= 0.6 is 0 Å². The summed E-state index contributed by atoms with van der Waals surface area (Å²) in [6, 6.07) is 11.9. The molecule has 2 aromatic rings. The highest BCUT2D eigenvalue weighted by Gasteiger charge is 2.37. The summed E-state index contributed by atoms with van der Waals surface area (Å²) in [6.07, 6.45) is -0.248. The van der Waals surface area contributed by atoms with Gasteiger partial charge in [-0.3, -0.25) is 0 Å². The van der Waals surface area contributed by atoms with Crippen molar-refractivity contribution in [2.45, 2.75) is 18.8 Å². The SMILES string of the molecule is Cc1cc(OC2CN(S(=O)(=O)Cc3ccccc3)C2)cc(=O)o1. The van der Waals surface area contributed by atoms with Crippen LogP contribution in [0.2, 0.25) is 0 Å². The predicted molar refractivity (Wildman–Crippen MR) is 84.8 cm³/mol. The molecular formula is C16H17NO5S. The first-order chi connectivity index (χ1) is 10.9. The van der Waals surface area contributed by atoms with E-state index in [2.05, 4.69) is 0 Å². The zero-order valence-corrected chi connectivity index (χ0v) is 13.5. The minimum absolute atomic E-state index is 0.0193. The maximum Gasteiger partial charge on any atom is 0.339 e. The fourth-order valence-corrected chi connectivity index (χ4v) is 4.00. The van der Waals surface area contributed by atoms with Gasteiger partial charge in [0.05, 0.1) is 24.9 Å². The van der Waals surface area contributed by atoms with E-state index in [9.17, 15) is 13.2 Å². The van der Waals surface area contributed by atoms with Crippen molar-refractivity contribution in [3.8, 4) is 5.75 Å². The Bertz CT molecular complexity index is 838. The molecule has 0 N–H and O–H groups in total. The molecule has 0 amide bonds. The van der Waals surface area contributed by atoms with E-state index in [0.717, 1.165) is 5.56 Å². The number of hydrogen-bond donors (Lipinski definition) is 0. The largest absolute Gasteiger partial charge is 0.487 e. The Balaban J connectivity index is 1.59. The van der Waals surface area contributed by atoms with Gasteiger partial charge in [-0.25, -0.2) is 13.2 Å². The molecular weight excluding hydrogens is 318 g/mol. The predicted octanol–water partition coefficient (Wildman–Crippen LogP) is 1.54. The molecule has 1 fully saturated rings. The fraction of sp³-hybridized carbons (Fsp3) is 0.312. The summed E-state index contributed by atoms with van der Waals surface area (Å²) in [5.41, 5.74) is 0.279. The summed E-state index contributed by atoms with van der Waals surface area (Å²) >= 11 is 0. The molecule has 23 heavy (non-hydrogen) atoms. The zero-order valence-electron chi connectivity index (χ0n) is 12.6. The molecule has 0 atom stereocenters. The number of ether oxygens (including phenoxy) is 1. The van der Waals surface area contributed by atoms with Crippen molar-refractivity contribution in [1.29, 1.82) is 0 Å². The quantitative estimate of drug-likeness (QED) is 0.828. The van der Waals surface area contributed by atoms with Gasteiger partial charge in [0.25, 0.3) is 0 Å². The van der Waals surface area contributed by atoms with Gasteiger partial charge in [-0.15, -0.1) is 0 Å². The van der Waals surface area contributed by atoms with E-state index in [4.69, 9.17) is 9.15 Å². The molecule has 7 heteroatoms. The van der Waals surface area contributed by atoms with Crippen molar-refractivity contribution < 1.29 is 17.6 Å². The van der Waals surface area contributed by atoms with Gasteiger partial charge in [0.2, 0.25) is 10.0 Å². The average Bonchev–Trinajstić information content (AvgIpc) is 2.41. The second-order valence-corrected chi connectivity index (χ2v) is 7.49. The van der Waals surface area contributed by atoms with Crippen LogP contribution in [0.1, 0.15) is 11.3 Å². The Kier molecular flexibility index (Phi) is 4.23. The maximum absolute atomic E-state index is 12.3. The van der Waals surface area contributed by atoms with Crippen LogP contribution in [0.3, 0.4) is 0 Å². The first-order valence-electron chi connectivity index (χ1n) is 7.22. The molecule has 0 aliphatic carbocycles. The highest BCUT2D eigenvalue weighted by molar-refractivity contribution is 7.88. The minimum Gasteiger partial charge on any atom is -0.487 e. The van der Waals surface area contributed by atoms with Gasteiger partial charge in [0.15, 0.2) is 0 Å². The molecule has 6 nitrogen and oxygen atoms in total. The zero-order chi connectivity index (χ0) is 16.4. The Morgan fingerprint density at radius 1 is 1.22 bits per heavy atom. The molecule has 122 valence electrons. The Labute approximate surface area is 134 Å². The highest BCUT2D eigenvalue weighted by Crippen LogP contribution is 2.22. The second-order valence-electron chi connectivity index (χ2n) is 5.52. The minimum atomic E-state index is -3.35. The lowest BCUT2D eigenvalue weighted by atomic mass is 10.2. The summed E-state index contributed by atoms with van der Waals surface area (Å²) in [7, 11) is -3.35. The molecule has 0 unspecified atom stereocenters. The van der Waals surface area contributed by atoms with Crippen LogP contribution in [0.5, 0.6) is 5.75 Å². The Hall–Kier alpha value is -2.12. The number of hydrogen-bond acceptors (Lipinski definition) is 5. The summed E-state index contributed by atoms with van der Waals surface area (Å²) < 4.78 is 36.5. The smallest absolute Gasteiger partial charge is 0.339 e. The third kappa shape index (κ3) is 3.80. The lowest BCUT2D eigenvalue weighted by Crippen LogP contribution is -2.56. The molecule has 0 bridgehead atoms. The number of aryl methyl sites for hydroxylation is 1. The van der Waals surface area contributed by atoms with Crippen molar-refractivity contribution in [1.82, 2.24) is 4.31 Å². The van der Waals surface area contributed by atoms with Crippen molar-refractivity contribution >= 4 is 10.0 Å². The first-order valence-corrected chi connectivity index (χ1v) is 8.83. The van der Waals surface area contributed by atoms with Crippen LogP contribution in [0, 0.1) is 6.92 Å². The number of benzene rings is 1. The molecule has 1 aliphatic heterocycles. The average molecular weight is 335 g/mol. The van der Waals surface area contributed by atoms with E-state index in [1.165, 1.54) is 10.4 Å². The molecule has 1 aromatic heterocycles. The summed E-state index contributed by atoms with van der Waals surface area (Å²) in [4.78, 5) is 11.3. The van der Waals surface area contributed by atoms with Gasteiger partial charge in [-0.2, -0.15) is 4.31 Å². The van der Waals surface area contributed by atoms with Crippen LogP contribution in [-0.4, -0.2) is 31.9 Å². The molecule has 0 spiro atoms. The van der Waals surface area contributed by atoms with E-state index in [-0.39, 0.29) is 24.9 Å². The van der Waals surface area contributed by atoms with Crippen molar-refractivity contribution in [3.63, 3.8) is 0 Å². The molecule has 1 aliphatic rings. The van der Waals surface area contributed by atoms with E-state index in [1.54, 1.807) is 25.1 Å². The Morgan fingerprint density at radius 3 is 2.57 bits per heavy atom. The van der Waals surface area contributed by atoms with Gasteiger partial charge in [0, 0.05) is 6.07 Å². The molecule has 1 saturated heterocycles. The Morgan fingerprint density at radius 2 is 1.91 bits per heavy atom. The molecule has 3 rings (SSSR count). The molecule has 0 saturated carbocycles. The van der Waals surface area contributed by atoms with Gasteiger partial charge >= 0.3 is 5.63 Å². The topological polar surface area (TPSA) is 76.8 Å². The van der Waals surface area contributed by atoms with Gasteiger partial charge in [-0.1, -0.05) is 30.3 Å². The van der Waals surface area contributed by atoms with E-state index >= 15 is 0 Å². The molecule has 2 heterocycles. The lowest BCUT2D eigenvalue weighted by molar-refractivity contribution is 0.0753. The summed E-state index contributed by atoms with van der Waals surface area (Å²) in [5, 5.41) is 0. The fourth-order valence-electron chi connectivity index (χ4n) is 2.41. The highest BCUT2D eigenvalue weighted by atomic mass is 32.2.